The van der Waals surface area contributed by atoms with Gasteiger partial charge in [-0.25, -0.2) is 13.6 Å². The van der Waals surface area contributed by atoms with Crippen LogP contribution in [0.3, 0.4) is 0 Å². The van der Waals surface area contributed by atoms with Crippen LogP contribution in [0, 0.1) is 13.8 Å². The maximum absolute atomic E-state index is 13.2. The Hall–Kier alpha value is -2.76. The van der Waals surface area contributed by atoms with Gasteiger partial charge in [0.1, 0.15) is 0 Å². The van der Waals surface area contributed by atoms with E-state index in [-0.39, 0.29) is 0 Å². The van der Waals surface area contributed by atoms with Crippen molar-refractivity contribution in [1.82, 2.24) is 9.97 Å². The second-order valence-corrected chi connectivity index (χ2v) is 5.96. The Morgan fingerprint density at radius 1 is 1.20 bits per heavy atom. The van der Waals surface area contributed by atoms with E-state index in [9.17, 15) is 13.6 Å². The number of alkyl halides is 2. The Balaban J connectivity index is 2.25. The summed E-state index contributed by atoms with van der Waals surface area (Å²) in [5, 5.41) is 0.602. The first kappa shape index (κ1) is 17.1. The van der Waals surface area contributed by atoms with Crippen molar-refractivity contribution in [1.29, 1.82) is 0 Å². The van der Waals surface area contributed by atoms with Crippen molar-refractivity contribution in [3.63, 3.8) is 0 Å². The molecule has 6 heteroatoms. The van der Waals surface area contributed by atoms with E-state index in [2.05, 4.69) is 9.97 Å². The molecule has 1 N–H and O–H groups in total. The highest BCUT2D eigenvalue weighted by Crippen LogP contribution is 2.33. The molecule has 4 nitrogen and oxygen atoms in total. The number of aromatic amines is 1. The highest BCUT2D eigenvalue weighted by molar-refractivity contribution is 5.98. The van der Waals surface area contributed by atoms with Gasteiger partial charge in [0.05, 0.1) is 18.4 Å². The number of pyridine rings is 1. The number of methoxy groups -OCH3 is 1. The number of hydrogen-bond donors (Lipinski definition) is 1. The summed E-state index contributed by atoms with van der Waals surface area (Å²) in [5.41, 5.74) is 4.57. The van der Waals surface area contributed by atoms with E-state index in [1.165, 1.54) is 7.11 Å². The number of hydrogen-bond acceptors (Lipinski definition) is 3. The largest absolute Gasteiger partial charge is 0.465 e. The summed E-state index contributed by atoms with van der Waals surface area (Å²) >= 11 is 0. The zero-order valence-corrected chi connectivity index (χ0v) is 14.2. The topological polar surface area (TPSA) is 55.0 Å². The van der Waals surface area contributed by atoms with Crippen molar-refractivity contribution >= 4 is 16.9 Å². The van der Waals surface area contributed by atoms with Crippen molar-refractivity contribution < 1.29 is 18.3 Å². The number of esters is 1. The second-order valence-electron chi connectivity index (χ2n) is 5.96. The summed E-state index contributed by atoms with van der Waals surface area (Å²) in [7, 11) is 1.29. The van der Waals surface area contributed by atoms with Crippen LogP contribution in [0.2, 0.25) is 0 Å². The average Bonchev–Trinajstić information content (AvgIpc) is 2.90. The molecule has 1 aromatic carbocycles. The Bertz CT molecular complexity index is 928. The van der Waals surface area contributed by atoms with Gasteiger partial charge in [0.25, 0.3) is 0 Å². The number of benzene rings is 1. The summed E-state index contributed by atoms with van der Waals surface area (Å²) in [5.74, 6) is -0.497. The number of rotatable bonds is 4. The van der Waals surface area contributed by atoms with Crippen molar-refractivity contribution in [2.75, 3.05) is 7.11 Å². The number of carbonyl (C=O) groups excluding carboxylic acids is 1. The molecule has 2 heterocycles. The number of aromatic nitrogens is 2. The van der Waals surface area contributed by atoms with E-state index >= 15 is 0 Å². The quantitative estimate of drug-likeness (QED) is 0.712. The third-order valence-corrected chi connectivity index (χ3v) is 4.06. The fourth-order valence-corrected chi connectivity index (χ4v) is 3.08. The molecule has 0 radical (unpaired) electrons. The van der Waals surface area contributed by atoms with Gasteiger partial charge in [-0.15, -0.1) is 0 Å². The molecule has 3 aromatic rings. The minimum absolute atomic E-state index is 0.332. The molecule has 0 bridgehead atoms. The summed E-state index contributed by atoms with van der Waals surface area (Å²) in [6, 6.07) is 8.63. The van der Waals surface area contributed by atoms with E-state index in [1.807, 2.05) is 26.0 Å². The molecule has 0 amide bonds. The summed E-state index contributed by atoms with van der Waals surface area (Å²) in [6.07, 6.45) is -2.90. The van der Waals surface area contributed by atoms with Gasteiger partial charge >= 0.3 is 5.97 Å². The molecule has 0 atom stereocenters. The van der Waals surface area contributed by atoms with Crippen LogP contribution < -0.4 is 0 Å². The number of fused-ring (bicyclic) bond motifs is 1. The Labute approximate surface area is 143 Å². The number of aryl methyl sites for hydroxylation is 2. The van der Waals surface area contributed by atoms with E-state index < -0.39 is 18.8 Å². The first-order valence-electron chi connectivity index (χ1n) is 7.85. The Morgan fingerprint density at radius 2 is 1.88 bits per heavy atom. The van der Waals surface area contributed by atoms with Crippen molar-refractivity contribution in [3.05, 3.63) is 52.8 Å². The van der Waals surface area contributed by atoms with Gasteiger partial charge in [0.15, 0.2) is 0 Å². The molecule has 0 fully saturated rings. The van der Waals surface area contributed by atoms with Crippen LogP contribution in [0.4, 0.5) is 8.78 Å². The third kappa shape index (κ3) is 3.38. The molecular weight excluding hydrogens is 326 g/mol. The van der Waals surface area contributed by atoms with Gasteiger partial charge in [0.2, 0.25) is 6.43 Å². The number of nitrogens with one attached hydrogen (secondary N) is 1. The Kier molecular flexibility index (Phi) is 4.53. The monoisotopic (exact) mass is 344 g/mol. The lowest BCUT2D eigenvalue weighted by molar-refractivity contribution is 0.0601. The van der Waals surface area contributed by atoms with Gasteiger partial charge in [-0.05, 0) is 49.7 Å². The summed E-state index contributed by atoms with van der Waals surface area (Å²) in [6.45, 7) is 3.72. The minimum Gasteiger partial charge on any atom is -0.465 e. The van der Waals surface area contributed by atoms with Gasteiger partial charge in [-0.3, -0.25) is 4.98 Å². The molecule has 0 spiro atoms. The zero-order valence-electron chi connectivity index (χ0n) is 14.2. The van der Waals surface area contributed by atoms with Crippen LogP contribution in [0.25, 0.3) is 22.2 Å². The molecule has 0 aliphatic heterocycles. The lowest BCUT2D eigenvalue weighted by Crippen LogP contribution is -2.01. The minimum atomic E-state index is -2.50. The Morgan fingerprint density at radius 3 is 2.48 bits per heavy atom. The third-order valence-electron chi connectivity index (χ3n) is 4.06. The maximum Gasteiger partial charge on any atom is 0.337 e. The fourth-order valence-electron chi connectivity index (χ4n) is 3.08. The smallest absolute Gasteiger partial charge is 0.337 e. The van der Waals surface area contributed by atoms with Crippen LogP contribution >= 0.6 is 0 Å². The van der Waals surface area contributed by atoms with E-state index in [4.69, 9.17) is 4.74 Å². The molecule has 0 saturated carbocycles. The van der Waals surface area contributed by atoms with Gasteiger partial charge in [-0.1, -0.05) is 0 Å². The summed E-state index contributed by atoms with van der Waals surface area (Å²) < 4.78 is 31.1. The number of carbonyl (C=O) groups is 1. The molecular formula is C19H18F2N2O2. The van der Waals surface area contributed by atoms with E-state index in [0.717, 1.165) is 17.0 Å². The molecule has 25 heavy (non-hydrogen) atoms. The predicted molar refractivity (Wildman–Crippen MR) is 92.1 cm³/mol. The molecule has 0 aliphatic rings. The van der Waals surface area contributed by atoms with Gasteiger partial charge in [0, 0.05) is 34.3 Å². The zero-order chi connectivity index (χ0) is 18.1. The van der Waals surface area contributed by atoms with E-state index in [1.54, 1.807) is 18.2 Å². The molecule has 130 valence electrons. The van der Waals surface area contributed by atoms with Crippen molar-refractivity contribution in [3.8, 4) is 11.3 Å². The van der Waals surface area contributed by atoms with Crippen molar-refractivity contribution in [2.45, 2.75) is 26.7 Å². The highest BCUT2D eigenvalue weighted by atomic mass is 19.3. The first-order chi connectivity index (χ1) is 11.9. The standard InChI is InChI=1S/C19H18F2N2O2/c1-10-6-13(7-11(2)22-10)18-15(9-17(20)21)14-8-12(19(24)25-3)4-5-16(14)23-18/h4-8,17,23H,9H2,1-3H3. The lowest BCUT2D eigenvalue weighted by atomic mass is 10.0. The number of ether oxygens (including phenoxy) is 1. The van der Waals surface area contributed by atoms with Crippen LogP contribution in [-0.2, 0) is 11.2 Å². The van der Waals surface area contributed by atoms with E-state index in [0.29, 0.717) is 27.7 Å². The molecule has 0 saturated heterocycles. The average molecular weight is 344 g/mol. The van der Waals surface area contributed by atoms with Crippen LogP contribution in [0.5, 0.6) is 0 Å². The first-order valence-corrected chi connectivity index (χ1v) is 7.85. The number of halogens is 2. The predicted octanol–water partition coefficient (Wildman–Crippen LogP) is 4.44. The van der Waals surface area contributed by atoms with Crippen molar-refractivity contribution in [2.24, 2.45) is 0 Å². The van der Waals surface area contributed by atoms with Gasteiger partial charge < -0.3 is 9.72 Å². The normalized spacial score (nSPS) is 11.3. The fraction of sp³-hybridized carbons (Fsp3) is 0.263. The molecule has 0 aliphatic carbocycles. The maximum atomic E-state index is 13.2. The van der Waals surface area contributed by atoms with Crippen LogP contribution in [0.1, 0.15) is 27.3 Å². The number of H-pyrrole nitrogens is 1. The molecule has 2 aromatic heterocycles. The molecule has 3 rings (SSSR count). The van der Waals surface area contributed by atoms with Crippen LogP contribution in [0.15, 0.2) is 30.3 Å². The second kappa shape index (κ2) is 6.63. The van der Waals surface area contributed by atoms with Crippen LogP contribution in [-0.4, -0.2) is 29.5 Å². The molecule has 0 unspecified atom stereocenters. The SMILES string of the molecule is COC(=O)c1ccc2[nH]c(-c3cc(C)nc(C)c3)c(CC(F)F)c2c1. The lowest BCUT2D eigenvalue weighted by Gasteiger charge is -2.07. The highest BCUT2D eigenvalue weighted by Gasteiger charge is 2.19. The van der Waals surface area contributed by atoms with Gasteiger partial charge in [-0.2, -0.15) is 0 Å². The number of nitrogens with zero attached hydrogens (tertiary/aromatic N) is 1. The summed E-state index contributed by atoms with van der Waals surface area (Å²) in [4.78, 5) is 19.3.